The molecule has 0 radical (unpaired) electrons. The van der Waals surface area contributed by atoms with Gasteiger partial charge in [-0.25, -0.2) is 18.1 Å². The first-order valence-electron chi connectivity index (χ1n) is 6.56. The van der Waals surface area contributed by atoms with Gasteiger partial charge in [0.1, 0.15) is 4.90 Å². The lowest BCUT2D eigenvalue weighted by molar-refractivity contribution is -0.250. The second-order valence-electron chi connectivity index (χ2n) is 4.86. The van der Waals surface area contributed by atoms with Crippen LogP contribution in [-0.4, -0.2) is 47.7 Å². The number of guanidine groups is 1. The molecule has 1 heterocycles. The summed E-state index contributed by atoms with van der Waals surface area (Å²) in [5.74, 6) is -1.21. The second kappa shape index (κ2) is 6.62. The Bertz CT molecular complexity index is 718. The summed E-state index contributed by atoms with van der Waals surface area (Å²) in [6.45, 7) is 1.62. The molecule has 0 aliphatic carbocycles. The topological polar surface area (TPSA) is 98.2 Å². The number of nitrogens with zero attached hydrogens (tertiary/aromatic N) is 1. The van der Waals surface area contributed by atoms with Crippen LogP contribution in [-0.2, 0) is 24.2 Å². The van der Waals surface area contributed by atoms with Crippen LogP contribution < -0.4 is 10.0 Å². The fourth-order valence-corrected chi connectivity index (χ4v) is 3.30. The molecule has 1 aromatic carbocycles. The maximum absolute atomic E-state index is 12.3. The predicted octanol–water partition coefficient (Wildman–Crippen LogP) is 1.38. The molecule has 2 rings (SSSR count). The van der Waals surface area contributed by atoms with Crippen molar-refractivity contribution in [2.75, 3.05) is 26.6 Å². The number of sulfonamides is 1. The first kappa shape index (κ1) is 18.0. The molecule has 0 spiro atoms. The van der Waals surface area contributed by atoms with Crippen molar-refractivity contribution < 1.29 is 22.6 Å². The van der Waals surface area contributed by atoms with Gasteiger partial charge in [0.25, 0.3) is 10.0 Å². The van der Waals surface area contributed by atoms with Gasteiger partial charge in [0, 0.05) is 26.4 Å². The van der Waals surface area contributed by atoms with Gasteiger partial charge in [0.15, 0.2) is 0 Å². The molecule has 1 aromatic rings. The van der Waals surface area contributed by atoms with Crippen molar-refractivity contribution in [1.82, 2.24) is 4.72 Å². The van der Waals surface area contributed by atoms with Gasteiger partial charge in [-0.05, 0) is 25.1 Å². The predicted molar refractivity (Wildman–Crippen MR) is 86.1 cm³/mol. The molecule has 0 fully saturated rings. The monoisotopic (exact) mass is 363 g/mol. The minimum Gasteiger partial charge on any atom is -0.355 e. The average molecular weight is 364 g/mol. The maximum atomic E-state index is 12.3. The number of rotatable bonds is 5. The minimum absolute atomic E-state index is 0.0214. The highest BCUT2D eigenvalue weighted by Gasteiger charge is 2.36. The lowest BCUT2D eigenvalue weighted by Crippen LogP contribution is -2.47. The van der Waals surface area contributed by atoms with Gasteiger partial charge in [-0.1, -0.05) is 11.6 Å². The SMILES string of the molecule is COC(/N=C1\Nc2cc(Cl)ccc2S(=O)(=O)N1)C(C)(OC)OC. The van der Waals surface area contributed by atoms with Crippen LogP contribution in [0.5, 0.6) is 0 Å². The first-order chi connectivity index (χ1) is 10.8. The Morgan fingerprint density at radius 3 is 2.48 bits per heavy atom. The fourth-order valence-electron chi connectivity index (χ4n) is 2.01. The Kier molecular flexibility index (Phi) is 5.17. The molecule has 23 heavy (non-hydrogen) atoms. The van der Waals surface area contributed by atoms with Gasteiger partial charge >= 0.3 is 0 Å². The van der Waals surface area contributed by atoms with E-state index < -0.39 is 22.0 Å². The van der Waals surface area contributed by atoms with Crippen LogP contribution in [0.4, 0.5) is 5.69 Å². The summed E-state index contributed by atoms with van der Waals surface area (Å²) >= 11 is 5.91. The van der Waals surface area contributed by atoms with E-state index in [4.69, 9.17) is 25.8 Å². The third-order valence-electron chi connectivity index (χ3n) is 3.44. The summed E-state index contributed by atoms with van der Waals surface area (Å²) < 4.78 is 42.6. The molecule has 0 amide bonds. The average Bonchev–Trinajstić information content (AvgIpc) is 2.50. The van der Waals surface area contributed by atoms with Crippen LogP contribution in [0.15, 0.2) is 28.1 Å². The molecule has 8 nitrogen and oxygen atoms in total. The maximum Gasteiger partial charge on any atom is 0.266 e. The minimum atomic E-state index is -3.76. The van der Waals surface area contributed by atoms with E-state index in [1.807, 2.05) is 0 Å². The summed E-state index contributed by atoms with van der Waals surface area (Å²) in [6, 6.07) is 4.40. The molecule has 1 unspecified atom stereocenters. The number of nitrogens with one attached hydrogen (secondary N) is 2. The highest BCUT2D eigenvalue weighted by atomic mass is 35.5. The van der Waals surface area contributed by atoms with E-state index in [1.165, 1.54) is 39.5 Å². The molecule has 1 atom stereocenters. The molecule has 10 heteroatoms. The van der Waals surface area contributed by atoms with Crippen molar-refractivity contribution in [2.24, 2.45) is 4.99 Å². The van der Waals surface area contributed by atoms with Gasteiger partial charge in [-0.15, -0.1) is 0 Å². The number of aliphatic imine (C=N–C) groups is 1. The molecule has 128 valence electrons. The third kappa shape index (κ3) is 3.59. The molecule has 0 bridgehead atoms. The van der Waals surface area contributed by atoms with Gasteiger partial charge in [-0.2, -0.15) is 0 Å². The van der Waals surface area contributed by atoms with E-state index in [-0.39, 0.29) is 10.9 Å². The van der Waals surface area contributed by atoms with Crippen LogP contribution in [0.1, 0.15) is 6.92 Å². The highest BCUT2D eigenvalue weighted by Crippen LogP contribution is 2.28. The summed E-state index contributed by atoms with van der Waals surface area (Å²) in [7, 11) is 0.518. The summed E-state index contributed by atoms with van der Waals surface area (Å²) in [5.41, 5.74) is 0.321. The van der Waals surface area contributed by atoms with E-state index in [0.717, 1.165) is 0 Å². The molecule has 0 aromatic heterocycles. The van der Waals surface area contributed by atoms with E-state index in [2.05, 4.69) is 15.0 Å². The molecule has 2 N–H and O–H groups in total. The van der Waals surface area contributed by atoms with Crippen LogP contribution in [0, 0.1) is 0 Å². The van der Waals surface area contributed by atoms with E-state index in [1.54, 1.807) is 6.92 Å². The molecular weight excluding hydrogens is 346 g/mol. The van der Waals surface area contributed by atoms with E-state index in [0.29, 0.717) is 10.7 Å². The fraction of sp³-hybridized carbons (Fsp3) is 0.462. The van der Waals surface area contributed by atoms with Gasteiger partial charge in [-0.3, -0.25) is 0 Å². The van der Waals surface area contributed by atoms with Gasteiger partial charge < -0.3 is 19.5 Å². The highest BCUT2D eigenvalue weighted by molar-refractivity contribution is 7.90. The Balaban J connectivity index is 2.42. The van der Waals surface area contributed by atoms with Crippen molar-refractivity contribution in [2.45, 2.75) is 23.8 Å². The Hall–Kier alpha value is -1.39. The molecular formula is C13H18ClN3O5S. The van der Waals surface area contributed by atoms with Crippen LogP contribution in [0.25, 0.3) is 0 Å². The van der Waals surface area contributed by atoms with Crippen molar-refractivity contribution in [3.8, 4) is 0 Å². The number of anilines is 1. The normalized spacial score (nSPS) is 19.6. The Labute approximate surface area is 139 Å². The quantitative estimate of drug-likeness (QED) is 0.767. The standard InChI is InChI=1S/C13H18ClN3O5S/c1-13(21-3,22-4)11(20-2)16-12-15-9-7-8(14)5-6-10(9)23(18,19)17-12/h5-7,11H,1-4H3,(H2,15,16,17). The van der Waals surface area contributed by atoms with Crippen LogP contribution >= 0.6 is 11.6 Å². The second-order valence-corrected chi connectivity index (χ2v) is 6.95. The van der Waals surface area contributed by atoms with Crippen molar-refractivity contribution in [3.05, 3.63) is 23.2 Å². The molecule has 1 aliphatic heterocycles. The van der Waals surface area contributed by atoms with E-state index in [9.17, 15) is 8.42 Å². The smallest absolute Gasteiger partial charge is 0.266 e. The number of benzene rings is 1. The lowest BCUT2D eigenvalue weighted by Gasteiger charge is -2.32. The Morgan fingerprint density at radius 1 is 1.26 bits per heavy atom. The summed E-state index contributed by atoms with van der Waals surface area (Å²) in [5, 5.41) is 3.26. The zero-order valence-electron chi connectivity index (χ0n) is 13.1. The summed E-state index contributed by atoms with van der Waals surface area (Å²) in [4.78, 5) is 4.27. The first-order valence-corrected chi connectivity index (χ1v) is 8.42. The van der Waals surface area contributed by atoms with Crippen molar-refractivity contribution in [3.63, 3.8) is 0 Å². The molecule has 0 saturated carbocycles. The number of hydrogen-bond donors (Lipinski definition) is 2. The van der Waals surface area contributed by atoms with Gasteiger partial charge in [0.2, 0.25) is 18.0 Å². The van der Waals surface area contributed by atoms with Crippen LogP contribution in [0.2, 0.25) is 5.02 Å². The number of methoxy groups -OCH3 is 3. The van der Waals surface area contributed by atoms with E-state index >= 15 is 0 Å². The summed E-state index contributed by atoms with van der Waals surface area (Å²) in [6.07, 6.45) is -0.913. The molecule has 1 aliphatic rings. The number of halogens is 1. The van der Waals surface area contributed by atoms with Crippen molar-refractivity contribution >= 4 is 33.3 Å². The number of ether oxygens (including phenoxy) is 3. The zero-order valence-corrected chi connectivity index (χ0v) is 14.7. The lowest BCUT2D eigenvalue weighted by atomic mass is 10.3. The van der Waals surface area contributed by atoms with Crippen LogP contribution in [0.3, 0.4) is 0 Å². The van der Waals surface area contributed by atoms with Crippen molar-refractivity contribution in [1.29, 1.82) is 0 Å². The largest absolute Gasteiger partial charge is 0.355 e. The Morgan fingerprint density at radius 2 is 1.91 bits per heavy atom. The zero-order chi connectivity index (χ0) is 17.3. The number of fused-ring (bicyclic) bond motifs is 1. The molecule has 0 saturated heterocycles. The number of hydrogen-bond acceptors (Lipinski definition) is 6. The third-order valence-corrected chi connectivity index (χ3v) is 5.08. The van der Waals surface area contributed by atoms with Gasteiger partial charge in [0.05, 0.1) is 5.69 Å².